The van der Waals surface area contributed by atoms with Crippen LogP contribution in [0.1, 0.15) is 59.1 Å². The van der Waals surface area contributed by atoms with E-state index in [0.29, 0.717) is 16.9 Å². The lowest BCUT2D eigenvalue weighted by molar-refractivity contribution is 0.0520. The maximum atomic E-state index is 13.1. The fraction of sp³-hybridized carbons (Fsp3) is 0.240. The highest BCUT2D eigenvalue weighted by Crippen LogP contribution is 2.27. The van der Waals surface area contributed by atoms with Crippen molar-refractivity contribution in [2.45, 2.75) is 48.8 Å². The first-order chi connectivity index (χ1) is 15.2. The van der Waals surface area contributed by atoms with E-state index < -0.39 is 5.97 Å². The Labute approximate surface area is 191 Å². The van der Waals surface area contributed by atoms with Gasteiger partial charge >= 0.3 is 5.97 Å². The SMILES string of the molecule is CCCCCCC(=NOC(=O)c1cccs1)C(=O)c1ccc(Sc2ccccc2)cc1. The number of hydrogen-bond donors (Lipinski definition) is 0. The van der Waals surface area contributed by atoms with Gasteiger partial charge in [-0.05, 0) is 60.7 Å². The summed E-state index contributed by atoms with van der Waals surface area (Å²) in [6.07, 6.45) is 4.53. The second-order valence-corrected chi connectivity index (χ2v) is 9.07. The maximum Gasteiger partial charge on any atom is 0.375 e. The molecule has 0 saturated heterocycles. The van der Waals surface area contributed by atoms with Gasteiger partial charge < -0.3 is 4.84 Å². The van der Waals surface area contributed by atoms with E-state index >= 15 is 0 Å². The van der Waals surface area contributed by atoms with Crippen LogP contribution in [0.5, 0.6) is 0 Å². The third kappa shape index (κ3) is 7.19. The third-order valence-corrected chi connectivity index (χ3v) is 6.45. The van der Waals surface area contributed by atoms with E-state index in [9.17, 15) is 9.59 Å². The minimum absolute atomic E-state index is 0.202. The predicted molar refractivity (Wildman–Crippen MR) is 127 cm³/mol. The van der Waals surface area contributed by atoms with E-state index in [1.807, 2.05) is 42.5 Å². The normalized spacial score (nSPS) is 11.3. The Balaban J connectivity index is 1.70. The van der Waals surface area contributed by atoms with Crippen LogP contribution in [-0.4, -0.2) is 17.5 Å². The Hall–Kier alpha value is -2.70. The molecule has 0 aliphatic carbocycles. The van der Waals surface area contributed by atoms with Crippen LogP contribution in [0.25, 0.3) is 0 Å². The van der Waals surface area contributed by atoms with Gasteiger partial charge in [-0.15, -0.1) is 11.3 Å². The molecule has 3 aromatic rings. The Morgan fingerprint density at radius 3 is 2.32 bits per heavy atom. The number of carbonyl (C=O) groups is 2. The second kappa shape index (κ2) is 12.2. The van der Waals surface area contributed by atoms with Crippen molar-refractivity contribution in [2.75, 3.05) is 0 Å². The van der Waals surface area contributed by atoms with Gasteiger partial charge in [0.15, 0.2) is 0 Å². The van der Waals surface area contributed by atoms with Gasteiger partial charge in [0.2, 0.25) is 5.78 Å². The summed E-state index contributed by atoms with van der Waals surface area (Å²) in [5, 5.41) is 5.76. The molecule has 1 aromatic heterocycles. The van der Waals surface area contributed by atoms with Crippen LogP contribution in [0.15, 0.2) is 87.1 Å². The first kappa shape index (κ1) is 23.0. The van der Waals surface area contributed by atoms with Crippen LogP contribution in [0.3, 0.4) is 0 Å². The van der Waals surface area contributed by atoms with Gasteiger partial charge in [-0.2, -0.15) is 0 Å². The predicted octanol–water partition coefficient (Wildman–Crippen LogP) is 7.27. The van der Waals surface area contributed by atoms with Gasteiger partial charge in [0.05, 0.1) is 0 Å². The highest BCUT2D eigenvalue weighted by molar-refractivity contribution is 7.99. The van der Waals surface area contributed by atoms with Crippen molar-refractivity contribution in [1.82, 2.24) is 0 Å². The summed E-state index contributed by atoms with van der Waals surface area (Å²) in [4.78, 5) is 32.9. The molecule has 0 fully saturated rings. The fourth-order valence-electron chi connectivity index (χ4n) is 2.92. The quantitative estimate of drug-likeness (QED) is 0.101. The number of ketones is 1. The first-order valence-corrected chi connectivity index (χ1v) is 12.1. The molecule has 0 atom stereocenters. The Kier molecular flexibility index (Phi) is 9.06. The molecule has 0 bridgehead atoms. The average Bonchev–Trinajstić information content (AvgIpc) is 3.34. The molecule has 3 rings (SSSR count). The Morgan fingerprint density at radius 1 is 0.903 bits per heavy atom. The summed E-state index contributed by atoms with van der Waals surface area (Å²) in [6.45, 7) is 2.14. The molecule has 0 unspecified atom stereocenters. The van der Waals surface area contributed by atoms with Crippen molar-refractivity contribution in [1.29, 1.82) is 0 Å². The summed E-state index contributed by atoms with van der Waals surface area (Å²) >= 11 is 2.92. The molecular weight excluding hydrogens is 426 g/mol. The number of hydrogen-bond acceptors (Lipinski definition) is 6. The van der Waals surface area contributed by atoms with E-state index in [1.54, 1.807) is 41.4 Å². The fourth-order valence-corrected chi connectivity index (χ4v) is 4.35. The number of Topliss-reactive ketones (excluding diaryl/α,β-unsaturated/α-hetero) is 1. The van der Waals surface area contributed by atoms with E-state index in [2.05, 4.69) is 12.1 Å². The van der Waals surface area contributed by atoms with Crippen molar-refractivity contribution in [3.8, 4) is 0 Å². The molecule has 0 aliphatic rings. The van der Waals surface area contributed by atoms with Crippen LogP contribution in [0.4, 0.5) is 0 Å². The molecule has 4 nitrogen and oxygen atoms in total. The molecule has 31 heavy (non-hydrogen) atoms. The topological polar surface area (TPSA) is 55.7 Å². The number of rotatable bonds is 11. The highest BCUT2D eigenvalue weighted by atomic mass is 32.2. The monoisotopic (exact) mass is 451 g/mol. The molecule has 0 aliphatic heterocycles. The van der Waals surface area contributed by atoms with E-state index in [4.69, 9.17) is 4.84 Å². The number of carbonyl (C=O) groups excluding carboxylic acids is 2. The molecule has 0 saturated carbocycles. The molecule has 6 heteroatoms. The summed E-state index contributed by atoms with van der Waals surface area (Å²) in [6, 6.07) is 21.0. The zero-order valence-corrected chi connectivity index (χ0v) is 19.1. The van der Waals surface area contributed by atoms with Crippen LogP contribution < -0.4 is 0 Å². The van der Waals surface area contributed by atoms with E-state index in [0.717, 1.165) is 35.5 Å². The molecule has 0 amide bonds. The number of unbranched alkanes of at least 4 members (excludes halogenated alkanes) is 3. The summed E-state index contributed by atoms with van der Waals surface area (Å²) < 4.78 is 0. The Morgan fingerprint density at radius 2 is 1.65 bits per heavy atom. The summed E-state index contributed by atoms with van der Waals surface area (Å²) in [7, 11) is 0. The van der Waals surface area contributed by atoms with Crippen molar-refractivity contribution >= 4 is 40.6 Å². The number of thiophene rings is 1. The largest absolute Gasteiger partial charge is 0.375 e. The lowest BCUT2D eigenvalue weighted by atomic mass is 10.0. The average molecular weight is 452 g/mol. The molecule has 2 aromatic carbocycles. The molecule has 0 radical (unpaired) electrons. The summed E-state index contributed by atoms with van der Waals surface area (Å²) in [5.41, 5.74) is 0.822. The van der Waals surface area contributed by atoms with Crippen LogP contribution in [0, 0.1) is 0 Å². The van der Waals surface area contributed by atoms with Gasteiger partial charge in [0.1, 0.15) is 10.6 Å². The smallest absolute Gasteiger partial charge is 0.311 e. The molecule has 160 valence electrons. The molecule has 1 heterocycles. The number of nitrogens with zero attached hydrogens (tertiary/aromatic N) is 1. The standard InChI is InChI=1S/C25H25NO3S2/c1-2-3-4-8-12-22(26-29-25(28)23-13-9-18-30-23)24(27)19-14-16-21(17-15-19)31-20-10-6-5-7-11-20/h5-7,9-11,13-18H,2-4,8,12H2,1H3. The van der Waals surface area contributed by atoms with Crippen molar-refractivity contribution in [3.63, 3.8) is 0 Å². The third-order valence-electron chi connectivity index (χ3n) is 4.59. The highest BCUT2D eigenvalue weighted by Gasteiger charge is 2.17. The zero-order chi connectivity index (χ0) is 21.9. The molecular formula is C25H25NO3S2. The van der Waals surface area contributed by atoms with Gasteiger partial charge in [-0.1, -0.05) is 67.4 Å². The maximum absolute atomic E-state index is 13.1. The zero-order valence-electron chi connectivity index (χ0n) is 17.5. The van der Waals surface area contributed by atoms with Crippen LogP contribution in [0.2, 0.25) is 0 Å². The van der Waals surface area contributed by atoms with Gasteiger partial charge in [-0.3, -0.25) is 4.79 Å². The molecule has 0 spiro atoms. The second-order valence-electron chi connectivity index (χ2n) is 6.97. The Bertz CT molecular complexity index is 997. The van der Waals surface area contributed by atoms with Crippen LogP contribution >= 0.6 is 23.1 Å². The van der Waals surface area contributed by atoms with Crippen molar-refractivity contribution in [3.05, 3.63) is 82.6 Å². The van der Waals surface area contributed by atoms with Crippen molar-refractivity contribution < 1.29 is 14.4 Å². The minimum Gasteiger partial charge on any atom is -0.311 e. The lowest BCUT2D eigenvalue weighted by Gasteiger charge is -2.07. The lowest BCUT2D eigenvalue weighted by Crippen LogP contribution is -2.16. The summed E-state index contributed by atoms with van der Waals surface area (Å²) in [5.74, 6) is -0.741. The van der Waals surface area contributed by atoms with E-state index in [1.165, 1.54) is 11.3 Å². The number of oxime groups is 1. The van der Waals surface area contributed by atoms with Gasteiger partial charge in [0, 0.05) is 15.4 Å². The van der Waals surface area contributed by atoms with Gasteiger partial charge in [-0.25, -0.2) is 4.79 Å². The minimum atomic E-state index is -0.538. The molecule has 0 N–H and O–H groups in total. The number of benzene rings is 2. The van der Waals surface area contributed by atoms with Gasteiger partial charge in [0.25, 0.3) is 0 Å². The van der Waals surface area contributed by atoms with Crippen molar-refractivity contribution in [2.24, 2.45) is 5.16 Å². The first-order valence-electron chi connectivity index (χ1n) is 10.4. The van der Waals surface area contributed by atoms with Crippen LogP contribution in [-0.2, 0) is 4.84 Å². The van der Waals surface area contributed by atoms with E-state index in [-0.39, 0.29) is 11.5 Å².